The second-order valence-electron chi connectivity index (χ2n) is 2.38. The zero-order valence-electron chi connectivity index (χ0n) is 7.54. The van der Waals surface area contributed by atoms with E-state index in [-0.39, 0.29) is 10.6 Å². The maximum absolute atomic E-state index is 10.6. The van der Waals surface area contributed by atoms with Crippen molar-refractivity contribution in [1.29, 1.82) is 0 Å². The predicted molar refractivity (Wildman–Crippen MR) is 61.9 cm³/mol. The highest BCUT2D eigenvalue weighted by Gasteiger charge is 2.05. The van der Waals surface area contributed by atoms with Gasteiger partial charge in [-0.05, 0) is 23.1 Å². The third-order valence-corrected chi connectivity index (χ3v) is 2.65. The molecule has 0 aliphatic rings. The van der Waals surface area contributed by atoms with E-state index in [0.29, 0.717) is 0 Å². The van der Waals surface area contributed by atoms with Gasteiger partial charge in [-0.3, -0.25) is 10.1 Å². The van der Waals surface area contributed by atoms with Crippen LogP contribution in [0, 0.1) is 10.1 Å². The lowest BCUT2D eigenvalue weighted by Gasteiger charge is -1.89. The van der Waals surface area contributed by atoms with Gasteiger partial charge in [0.2, 0.25) is 0 Å². The maximum Gasteiger partial charge on any atom is 0.271 e. The smallest absolute Gasteiger partial charge is 0.258 e. The highest BCUT2D eigenvalue weighted by Crippen LogP contribution is 2.15. The van der Waals surface area contributed by atoms with Gasteiger partial charge in [0.05, 0.1) is 4.92 Å². The number of rotatable bonds is 4. The monoisotopic (exact) mass is 227 g/mol. The summed E-state index contributed by atoms with van der Waals surface area (Å²) in [6.45, 7) is 0. The van der Waals surface area contributed by atoms with E-state index in [4.69, 9.17) is 0 Å². The van der Waals surface area contributed by atoms with Crippen molar-refractivity contribution in [2.45, 2.75) is 0 Å². The summed E-state index contributed by atoms with van der Waals surface area (Å²) in [4.78, 5) is 11.1. The summed E-state index contributed by atoms with van der Waals surface area (Å²) in [6, 6.07) is 3.72. The summed E-state index contributed by atoms with van der Waals surface area (Å²) >= 11 is 2.92. The zero-order chi connectivity index (χ0) is 10.4. The Morgan fingerprint density at radius 3 is 3.00 bits per heavy atom. The number of hydrogen-bond donors (Lipinski definition) is 0. The van der Waals surface area contributed by atoms with Crippen LogP contribution in [0.3, 0.4) is 0 Å². The molecule has 5 heteroatoms. The van der Waals surface area contributed by atoms with E-state index in [0.717, 1.165) is 4.88 Å². The van der Waals surface area contributed by atoms with Crippen molar-refractivity contribution in [2.24, 2.45) is 0 Å². The highest BCUT2D eigenvalue weighted by atomic mass is 32.2. The van der Waals surface area contributed by atoms with Crippen LogP contribution in [-0.2, 0) is 0 Å². The largest absolute Gasteiger partial charge is 0.271 e. The van der Waals surface area contributed by atoms with E-state index in [2.05, 4.69) is 0 Å². The number of nitrogens with zero attached hydrogens (tertiary/aromatic N) is 1. The second kappa shape index (κ2) is 5.62. The van der Waals surface area contributed by atoms with Crippen LogP contribution in [0.15, 0.2) is 34.7 Å². The first-order chi connectivity index (χ1) is 6.74. The van der Waals surface area contributed by atoms with Crippen LogP contribution in [0.4, 0.5) is 0 Å². The summed E-state index contributed by atoms with van der Waals surface area (Å²) in [5, 5.41) is 14.2. The summed E-state index contributed by atoms with van der Waals surface area (Å²) in [5.41, 5.74) is 0.113. The molecule has 0 radical (unpaired) electrons. The molecule has 0 unspecified atom stereocenters. The van der Waals surface area contributed by atoms with Crippen molar-refractivity contribution in [2.75, 3.05) is 6.26 Å². The molecule has 1 heterocycles. The summed E-state index contributed by atoms with van der Waals surface area (Å²) in [7, 11) is 0. The van der Waals surface area contributed by atoms with Crippen molar-refractivity contribution < 1.29 is 4.92 Å². The molecular weight excluding hydrogens is 218 g/mol. The van der Waals surface area contributed by atoms with Gasteiger partial charge in [0.1, 0.15) is 0 Å². The molecule has 1 rings (SSSR count). The van der Waals surface area contributed by atoms with Crippen molar-refractivity contribution in [1.82, 2.24) is 0 Å². The SMILES string of the molecule is CS/C=C\C(=C/c1cccs1)[N+](=O)[O-]. The average Bonchev–Trinajstić information content (AvgIpc) is 2.64. The van der Waals surface area contributed by atoms with Gasteiger partial charge in [0.15, 0.2) is 0 Å². The Kier molecular flexibility index (Phi) is 4.42. The summed E-state index contributed by atoms with van der Waals surface area (Å²) < 4.78 is 0. The molecule has 0 aliphatic carbocycles. The molecule has 0 aliphatic heterocycles. The molecule has 0 aromatic carbocycles. The lowest BCUT2D eigenvalue weighted by Crippen LogP contribution is -1.94. The molecule has 0 bridgehead atoms. The third kappa shape index (κ3) is 3.35. The fraction of sp³-hybridized carbons (Fsp3) is 0.111. The van der Waals surface area contributed by atoms with Gasteiger partial charge >= 0.3 is 0 Å². The highest BCUT2D eigenvalue weighted by molar-refractivity contribution is 8.01. The predicted octanol–water partition coefficient (Wildman–Crippen LogP) is 3.24. The van der Waals surface area contributed by atoms with Crippen LogP contribution in [0.2, 0.25) is 0 Å². The standard InChI is InChI=1S/C9H9NO2S2/c1-13-6-4-8(10(11)12)7-9-3-2-5-14-9/h2-7H,1H3/b6-4-,8-7+. The normalized spacial score (nSPS) is 12.2. The van der Waals surface area contributed by atoms with E-state index < -0.39 is 0 Å². The molecule has 0 saturated heterocycles. The minimum absolute atomic E-state index is 0.113. The van der Waals surface area contributed by atoms with Crippen LogP contribution in [0.25, 0.3) is 6.08 Å². The van der Waals surface area contributed by atoms with Gasteiger partial charge in [-0.2, -0.15) is 0 Å². The number of allylic oxidation sites excluding steroid dienone is 1. The second-order valence-corrected chi connectivity index (χ2v) is 4.10. The van der Waals surface area contributed by atoms with Gasteiger partial charge in [-0.15, -0.1) is 23.1 Å². The third-order valence-electron chi connectivity index (χ3n) is 1.42. The Balaban J connectivity index is 2.88. The topological polar surface area (TPSA) is 43.1 Å². The van der Waals surface area contributed by atoms with Gasteiger partial charge in [-0.1, -0.05) is 6.07 Å². The molecule has 0 atom stereocenters. The molecule has 0 saturated carbocycles. The van der Waals surface area contributed by atoms with Crippen LogP contribution < -0.4 is 0 Å². The van der Waals surface area contributed by atoms with Gasteiger partial charge in [0, 0.05) is 17.0 Å². The maximum atomic E-state index is 10.6. The van der Waals surface area contributed by atoms with Crippen molar-refractivity contribution in [3.05, 3.63) is 49.7 Å². The quantitative estimate of drug-likeness (QED) is 0.450. The molecule has 74 valence electrons. The Bertz CT molecular complexity index is 355. The Morgan fingerprint density at radius 2 is 2.50 bits per heavy atom. The molecule has 0 spiro atoms. The number of thioether (sulfide) groups is 1. The van der Waals surface area contributed by atoms with Gasteiger partial charge < -0.3 is 0 Å². The zero-order valence-corrected chi connectivity index (χ0v) is 9.18. The Labute approximate surface area is 90.3 Å². The van der Waals surface area contributed by atoms with Crippen LogP contribution >= 0.6 is 23.1 Å². The van der Waals surface area contributed by atoms with E-state index in [9.17, 15) is 10.1 Å². The fourth-order valence-electron chi connectivity index (χ4n) is 0.819. The van der Waals surface area contributed by atoms with Crippen LogP contribution in [-0.4, -0.2) is 11.2 Å². The fourth-order valence-corrected chi connectivity index (χ4v) is 1.75. The molecule has 1 aromatic rings. The molecule has 3 nitrogen and oxygen atoms in total. The minimum atomic E-state index is -0.383. The molecule has 0 N–H and O–H groups in total. The molecule has 0 fully saturated rings. The average molecular weight is 227 g/mol. The van der Waals surface area contributed by atoms with E-state index in [1.807, 2.05) is 23.8 Å². The van der Waals surface area contributed by atoms with Crippen molar-refractivity contribution >= 4 is 29.2 Å². The first kappa shape index (κ1) is 11.0. The van der Waals surface area contributed by atoms with E-state index in [1.165, 1.54) is 29.2 Å². The first-order valence-electron chi connectivity index (χ1n) is 3.83. The molecule has 14 heavy (non-hydrogen) atoms. The van der Waals surface area contributed by atoms with Crippen molar-refractivity contribution in [3.8, 4) is 0 Å². The van der Waals surface area contributed by atoms with Crippen LogP contribution in [0.5, 0.6) is 0 Å². The number of nitro groups is 1. The number of hydrogen-bond acceptors (Lipinski definition) is 4. The van der Waals surface area contributed by atoms with Crippen LogP contribution in [0.1, 0.15) is 4.88 Å². The summed E-state index contributed by atoms with van der Waals surface area (Å²) in [6.07, 6.45) is 4.93. The number of thiophene rings is 1. The molecular formula is C9H9NO2S2. The lowest BCUT2D eigenvalue weighted by atomic mass is 10.3. The van der Waals surface area contributed by atoms with Crippen molar-refractivity contribution in [3.63, 3.8) is 0 Å². The lowest BCUT2D eigenvalue weighted by molar-refractivity contribution is -0.417. The van der Waals surface area contributed by atoms with E-state index in [1.54, 1.807) is 11.5 Å². The summed E-state index contributed by atoms with van der Waals surface area (Å²) in [5.74, 6) is 0. The Hall–Kier alpha value is -1.07. The first-order valence-corrected chi connectivity index (χ1v) is 5.99. The Morgan fingerprint density at radius 1 is 1.71 bits per heavy atom. The minimum Gasteiger partial charge on any atom is -0.258 e. The van der Waals surface area contributed by atoms with Gasteiger partial charge in [-0.25, -0.2) is 0 Å². The molecule has 0 amide bonds. The van der Waals surface area contributed by atoms with Gasteiger partial charge in [0.25, 0.3) is 5.70 Å². The molecule has 1 aromatic heterocycles. The van der Waals surface area contributed by atoms with E-state index >= 15 is 0 Å².